The van der Waals surface area contributed by atoms with Gasteiger partial charge < -0.3 is 9.47 Å². The van der Waals surface area contributed by atoms with E-state index in [1.54, 1.807) is 14.2 Å². The van der Waals surface area contributed by atoms with E-state index in [9.17, 15) is 0 Å². The predicted molar refractivity (Wildman–Crippen MR) is 96.5 cm³/mol. The van der Waals surface area contributed by atoms with Crippen LogP contribution in [0, 0.1) is 0 Å². The van der Waals surface area contributed by atoms with Gasteiger partial charge >= 0.3 is 0 Å². The maximum Gasteiger partial charge on any atom is 0.118 e. The van der Waals surface area contributed by atoms with Crippen LogP contribution < -0.4 is 9.47 Å². The number of methoxy groups -OCH3 is 2. The van der Waals surface area contributed by atoms with Crippen LogP contribution in [-0.4, -0.2) is 14.2 Å². The van der Waals surface area contributed by atoms with Crippen molar-refractivity contribution >= 4 is 0 Å². The van der Waals surface area contributed by atoms with E-state index < -0.39 is 0 Å². The van der Waals surface area contributed by atoms with Gasteiger partial charge in [-0.15, -0.1) is 0 Å². The summed E-state index contributed by atoms with van der Waals surface area (Å²) in [7, 11) is 3.42. The Hall–Kier alpha value is -1.96. The molecule has 0 aliphatic rings. The molecule has 0 saturated carbocycles. The lowest BCUT2D eigenvalue weighted by Gasteiger charge is -2.05. The van der Waals surface area contributed by atoms with Gasteiger partial charge in [0.25, 0.3) is 0 Å². The molecule has 0 amide bonds. The highest BCUT2D eigenvalue weighted by Gasteiger charge is 1.97. The first-order valence-corrected chi connectivity index (χ1v) is 8.57. The number of hydrogen-bond acceptors (Lipinski definition) is 2. The van der Waals surface area contributed by atoms with Crippen molar-refractivity contribution < 1.29 is 9.47 Å². The van der Waals surface area contributed by atoms with Crippen molar-refractivity contribution in [2.75, 3.05) is 14.2 Å². The van der Waals surface area contributed by atoms with E-state index in [0.29, 0.717) is 0 Å². The molecule has 0 radical (unpaired) electrons. The monoisotopic (exact) mass is 312 g/mol. The van der Waals surface area contributed by atoms with E-state index >= 15 is 0 Å². The summed E-state index contributed by atoms with van der Waals surface area (Å²) in [5.41, 5.74) is 2.81. The predicted octanol–water partition coefficient (Wildman–Crippen LogP) is 5.44. The standard InChI is InChI=1S/C21H28O2/c1-22-20-14-10-18(11-15-20)8-6-4-3-5-7-9-19-12-16-21(23-2)17-13-19/h10-17H,3-9H2,1-2H3. The van der Waals surface area contributed by atoms with Gasteiger partial charge in [0.15, 0.2) is 0 Å². The number of hydrogen-bond donors (Lipinski definition) is 0. The number of ether oxygens (including phenoxy) is 2. The van der Waals surface area contributed by atoms with Gasteiger partial charge in [0, 0.05) is 0 Å². The molecule has 2 rings (SSSR count). The molecule has 0 aliphatic carbocycles. The van der Waals surface area contributed by atoms with Gasteiger partial charge in [-0.3, -0.25) is 0 Å². The second kappa shape index (κ2) is 9.94. The highest BCUT2D eigenvalue weighted by molar-refractivity contribution is 5.27. The lowest BCUT2D eigenvalue weighted by atomic mass is 10.0. The van der Waals surface area contributed by atoms with E-state index in [4.69, 9.17) is 9.47 Å². The highest BCUT2D eigenvalue weighted by Crippen LogP contribution is 2.16. The summed E-state index contributed by atoms with van der Waals surface area (Å²) in [5, 5.41) is 0. The molecule has 0 unspecified atom stereocenters. The van der Waals surface area contributed by atoms with Crippen LogP contribution >= 0.6 is 0 Å². The second-order valence-corrected chi connectivity index (χ2v) is 5.96. The largest absolute Gasteiger partial charge is 0.497 e. The second-order valence-electron chi connectivity index (χ2n) is 5.96. The van der Waals surface area contributed by atoms with Gasteiger partial charge in [-0.1, -0.05) is 43.5 Å². The minimum Gasteiger partial charge on any atom is -0.497 e. The van der Waals surface area contributed by atoms with Gasteiger partial charge in [0.05, 0.1) is 14.2 Å². The first-order chi connectivity index (χ1) is 11.3. The molecule has 0 aliphatic heterocycles. The van der Waals surface area contributed by atoms with Crippen LogP contribution in [0.5, 0.6) is 11.5 Å². The summed E-state index contributed by atoms with van der Waals surface area (Å²) in [5.74, 6) is 1.87. The molecule has 0 fully saturated rings. The summed E-state index contributed by atoms with van der Waals surface area (Å²) >= 11 is 0. The Morgan fingerprint density at radius 1 is 0.522 bits per heavy atom. The van der Waals surface area contributed by atoms with Crippen molar-refractivity contribution in [3.8, 4) is 11.5 Å². The van der Waals surface area contributed by atoms with E-state index in [-0.39, 0.29) is 0 Å². The number of aryl methyl sites for hydroxylation is 2. The molecule has 2 aromatic carbocycles. The first kappa shape index (κ1) is 17.4. The Kier molecular flexibility index (Phi) is 7.51. The molecular weight excluding hydrogens is 284 g/mol. The van der Waals surface area contributed by atoms with Crippen molar-refractivity contribution in [3.63, 3.8) is 0 Å². The van der Waals surface area contributed by atoms with Crippen LogP contribution in [0.2, 0.25) is 0 Å². The molecule has 0 N–H and O–H groups in total. The zero-order valence-electron chi connectivity index (χ0n) is 14.4. The van der Waals surface area contributed by atoms with E-state index in [1.165, 1.54) is 56.1 Å². The molecule has 2 aromatic rings. The van der Waals surface area contributed by atoms with E-state index in [2.05, 4.69) is 24.3 Å². The van der Waals surface area contributed by atoms with Crippen LogP contribution in [0.1, 0.15) is 43.2 Å². The molecule has 0 spiro atoms. The van der Waals surface area contributed by atoms with Gasteiger partial charge in [0.2, 0.25) is 0 Å². The van der Waals surface area contributed by atoms with Gasteiger partial charge in [-0.05, 0) is 61.1 Å². The number of benzene rings is 2. The quantitative estimate of drug-likeness (QED) is 0.544. The lowest BCUT2D eigenvalue weighted by molar-refractivity contribution is 0.414. The minimum absolute atomic E-state index is 0.937. The van der Waals surface area contributed by atoms with Crippen molar-refractivity contribution in [1.29, 1.82) is 0 Å². The minimum atomic E-state index is 0.937. The SMILES string of the molecule is COc1ccc(CCCCCCCc2ccc(OC)cc2)cc1. The third kappa shape index (κ3) is 6.35. The highest BCUT2D eigenvalue weighted by atomic mass is 16.5. The molecule has 0 bridgehead atoms. The third-order valence-electron chi connectivity index (χ3n) is 4.25. The molecule has 23 heavy (non-hydrogen) atoms. The molecule has 2 nitrogen and oxygen atoms in total. The van der Waals surface area contributed by atoms with Crippen molar-refractivity contribution in [2.45, 2.75) is 44.9 Å². The Morgan fingerprint density at radius 2 is 0.870 bits per heavy atom. The molecule has 124 valence electrons. The Labute approximate surface area is 140 Å². The maximum absolute atomic E-state index is 5.18. The molecule has 0 heterocycles. The normalized spacial score (nSPS) is 10.5. The fourth-order valence-electron chi connectivity index (χ4n) is 2.77. The fourth-order valence-corrected chi connectivity index (χ4v) is 2.77. The third-order valence-corrected chi connectivity index (χ3v) is 4.25. The van der Waals surface area contributed by atoms with Crippen molar-refractivity contribution in [1.82, 2.24) is 0 Å². The van der Waals surface area contributed by atoms with Crippen LogP contribution in [0.15, 0.2) is 48.5 Å². The number of rotatable bonds is 10. The molecule has 0 aromatic heterocycles. The zero-order valence-corrected chi connectivity index (χ0v) is 14.4. The summed E-state index contributed by atoms with van der Waals surface area (Å²) < 4.78 is 10.4. The van der Waals surface area contributed by atoms with E-state index in [0.717, 1.165) is 11.5 Å². The summed E-state index contributed by atoms with van der Waals surface area (Å²) in [6.45, 7) is 0. The van der Waals surface area contributed by atoms with Crippen molar-refractivity contribution in [3.05, 3.63) is 59.7 Å². The van der Waals surface area contributed by atoms with Gasteiger partial charge in [-0.2, -0.15) is 0 Å². The lowest BCUT2D eigenvalue weighted by Crippen LogP contribution is -1.89. The topological polar surface area (TPSA) is 18.5 Å². The zero-order chi connectivity index (χ0) is 16.3. The average Bonchev–Trinajstić information content (AvgIpc) is 2.62. The summed E-state index contributed by atoms with van der Waals surface area (Å²) in [4.78, 5) is 0. The first-order valence-electron chi connectivity index (χ1n) is 8.57. The summed E-state index contributed by atoms with van der Waals surface area (Å²) in [6.07, 6.45) is 8.84. The Bertz CT molecular complexity index is 492. The van der Waals surface area contributed by atoms with Crippen LogP contribution in [0.3, 0.4) is 0 Å². The van der Waals surface area contributed by atoms with Crippen molar-refractivity contribution in [2.24, 2.45) is 0 Å². The van der Waals surface area contributed by atoms with E-state index in [1.807, 2.05) is 24.3 Å². The van der Waals surface area contributed by atoms with Crippen LogP contribution in [-0.2, 0) is 12.8 Å². The Morgan fingerprint density at radius 3 is 1.22 bits per heavy atom. The van der Waals surface area contributed by atoms with Gasteiger partial charge in [-0.25, -0.2) is 0 Å². The smallest absolute Gasteiger partial charge is 0.118 e. The molecule has 0 atom stereocenters. The summed E-state index contributed by atoms with van der Waals surface area (Å²) in [6, 6.07) is 16.9. The molecule has 2 heteroatoms. The Balaban J connectivity index is 1.53. The van der Waals surface area contributed by atoms with Crippen LogP contribution in [0.25, 0.3) is 0 Å². The maximum atomic E-state index is 5.18. The molecule has 0 saturated heterocycles. The average molecular weight is 312 g/mol. The fraction of sp³-hybridized carbons (Fsp3) is 0.429. The van der Waals surface area contributed by atoms with Gasteiger partial charge in [0.1, 0.15) is 11.5 Å². The van der Waals surface area contributed by atoms with Crippen LogP contribution in [0.4, 0.5) is 0 Å². The molecular formula is C21H28O2. The number of unbranched alkanes of at least 4 members (excludes halogenated alkanes) is 4.